The average Bonchev–Trinajstić information content (AvgIpc) is 2.21. The molecule has 0 aliphatic rings. The van der Waals surface area contributed by atoms with Gasteiger partial charge in [-0.3, -0.25) is 9.59 Å². The Morgan fingerprint density at radius 2 is 1.73 bits per heavy atom. The Morgan fingerprint density at radius 3 is 2.13 bits per heavy atom. The molecular weight excluding hydrogens is 190 g/mol. The number of Topliss-reactive ketones (excluding diaryl/α,β-unsaturated/α-hetero) is 1. The molecule has 3 nitrogen and oxygen atoms in total. The van der Waals surface area contributed by atoms with Gasteiger partial charge in [0, 0.05) is 26.7 Å². The van der Waals surface area contributed by atoms with Gasteiger partial charge in [-0.25, -0.2) is 0 Å². The van der Waals surface area contributed by atoms with Crippen LogP contribution in [0.1, 0.15) is 55.3 Å². The summed E-state index contributed by atoms with van der Waals surface area (Å²) in [5.41, 5.74) is 0. The van der Waals surface area contributed by atoms with Crippen LogP contribution in [0.2, 0.25) is 0 Å². The molecule has 0 aliphatic heterocycles. The Morgan fingerprint density at radius 1 is 1.20 bits per heavy atom. The van der Waals surface area contributed by atoms with Gasteiger partial charge in [0.1, 0.15) is 5.78 Å². The molecule has 0 saturated carbocycles. The first-order chi connectivity index (χ1) is 7.07. The highest BCUT2D eigenvalue weighted by Gasteiger charge is 2.07. The molecule has 0 aliphatic carbocycles. The molecule has 0 unspecified atom stereocenters. The minimum atomic E-state index is 0. The average molecular weight is 217 g/mol. The quantitative estimate of drug-likeness (QED) is 0.743. The Hall–Kier alpha value is -0.860. The zero-order chi connectivity index (χ0) is 12.3. The van der Waals surface area contributed by atoms with Crippen LogP contribution in [0.4, 0.5) is 0 Å². The van der Waals surface area contributed by atoms with Gasteiger partial charge >= 0.3 is 0 Å². The fourth-order valence-electron chi connectivity index (χ4n) is 0.997. The van der Waals surface area contributed by atoms with Crippen molar-refractivity contribution in [1.29, 1.82) is 0 Å². The largest absolute Gasteiger partial charge is 0.356 e. The maximum absolute atomic E-state index is 11.2. The van der Waals surface area contributed by atoms with Gasteiger partial charge < -0.3 is 5.32 Å². The first-order valence-electron chi connectivity index (χ1n) is 5.87. The summed E-state index contributed by atoms with van der Waals surface area (Å²) in [5, 5.41) is 2.70. The van der Waals surface area contributed by atoms with Gasteiger partial charge in [-0.05, 0) is 13.3 Å². The Kier molecular flexibility index (Phi) is 12.4. The van der Waals surface area contributed by atoms with Gasteiger partial charge in [0.2, 0.25) is 5.91 Å². The molecule has 0 heterocycles. The molecule has 0 aromatic rings. The number of carbonyl (C=O) groups is 2. The lowest BCUT2D eigenvalue weighted by Crippen LogP contribution is -2.22. The van der Waals surface area contributed by atoms with Crippen LogP contribution in [0.5, 0.6) is 0 Å². The van der Waals surface area contributed by atoms with E-state index < -0.39 is 0 Å². The van der Waals surface area contributed by atoms with E-state index in [9.17, 15) is 9.59 Å². The van der Waals surface area contributed by atoms with Crippen molar-refractivity contribution in [3.63, 3.8) is 0 Å². The van der Waals surface area contributed by atoms with Gasteiger partial charge in [-0.1, -0.05) is 27.7 Å². The number of nitrogens with one attached hydrogen (secondary N) is 1. The monoisotopic (exact) mass is 217 g/mol. The normalized spacial score (nSPS) is 9.20. The first-order valence-corrected chi connectivity index (χ1v) is 5.87. The molecule has 1 N–H and O–H groups in total. The molecule has 0 spiro atoms. The lowest BCUT2D eigenvalue weighted by atomic mass is 10.0. The zero-order valence-electron chi connectivity index (χ0n) is 10.7. The molecular formula is C12H27NO2. The standard InChI is InChI=1S/C10H19NO2.C2H6.H2/c1-4-11-10(13)7-5-6-9(12)8(2)3;1-2;/h8H,4-7H2,1-3H3,(H,11,13);1-2H3;1H. The summed E-state index contributed by atoms with van der Waals surface area (Å²) in [6, 6.07) is 0. The molecule has 1 amide bonds. The predicted octanol–water partition coefficient (Wildman–Crippen LogP) is 2.79. The van der Waals surface area contributed by atoms with Crippen LogP contribution in [-0.4, -0.2) is 18.2 Å². The number of hydrogen-bond acceptors (Lipinski definition) is 2. The minimum absolute atomic E-state index is 0. The van der Waals surface area contributed by atoms with E-state index in [1.165, 1.54) is 0 Å². The highest BCUT2D eigenvalue weighted by molar-refractivity contribution is 5.81. The Balaban J connectivity index is -0.000000529. The van der Waals surface area contributed by atoms with Crippen LogP contribution in [0, 0.1) is 5.92 Å². The van der Waals surface area contributed by atoms with Gasteiger partial charge in [-0.15, -0.1) is 0 Å². The van der Waals surface area contributed by atoms with Gasteiger partial charge in [0.25, 0.3) is 0 Å². The van der Waals surface area contributed by atoms with E-state index in [1.807, 2.05) is 34.6 Å². The fraction of sp³-hybridized carbons (Fsp3) is 0.833. The highest BCUT2D eigenvalue weighted by atomic mass is 16.1. The number of amides is 1. The van der Waals surface area contributed by atoms with Crippen molar-refractivity contribution in [3.8, 4) is 0 Å². The fourth-order valence-corrected chi connectivity index (χ4v) is 0.997. The number of carbonyl (C=O) groups excluding carboxylic acids is 2. The molecule has 92 valence electrons. The molecule has 0 rings (SSSR count). The Bertz CT molecular complexity index is 182. The molecule has 0 aromatic carbocycles. The van der Waals surface area contributed by atoms with Gasteiger partial charge in [0.05, 0.1) is 0 Å². The van der Waals surface area contributed by atoms with E-state index in [0.717, 1.165) is 0 Å². The summed E-state index contributed by atoms with van der Waals surface area (Å²) in [6.45, 7) is 10.3. The second kappa shape index (κ2) is 11.2. The Labute approximate surface area is 95.1 Å². The van der Waals surface area contributed by atoms with Crippen molar-refractivity contribution in [2.24, 2.45) is 5.92 Å². The lowest BCUT2D eigenvalue weighted by molar-refractivity contribution is -0.122. The second-order valence-corrected chi connectivity index (χ2v) is 3.43. The molecule has 3 heteroatoms. The van der Waals surface area contributed by atoms with Crippen LogP contribution in [0.3, 0.4) is 0 Å². The summed E-state index contributed by atoms with van der Waals surface area (Å²) in [7, 11) is 0. The maximum atomic E-state index is 11.2. The highest BCUT2D eigenvalue weighted by Crippen LogP contribution is 2.03. The van der Waals surface area contributed by atoms with E-state index in [4.69, 9.17) is 0 Å². The first kappa shape index (κ1) is 16.6. The molecule has 0 fully saturated rings. The van der Waals surface area contributed by atoms with Crippen molar-refractivity contribution in [3.05, 3.63) is 0 Å². The zero-order valence-corrected chi connectivity index (χ0v) is 10.7. The van der Waals surface area contributed by atoms with E-state index in [0.29, 0.717) is 25.8 Å². The van der Waals surface area contributed by atoms with E-state index in [1.54, 1.807) is 0 Å². The topological polar surface area (TPSA) is 46.2 Å². The lowest BCUT2D eigenvalue weighted by Gasteiger charge is -2.03. The van der Waals surface area contributed by atoms with Crippen molar-refractivity contribution in [2.75, 3.05) is 6.54 Å². The summed E-state index contributed by atoms with van der Waals surface area (Å²) >= 11 is 0. The van der Waals surface area contributed by atoms with E-state index in [2.05, 4.69) is 5.32 Å². The third-order valence-corrected chi connectivity index (χ3v) is 1.84. The van der Waals surface area contributed by atoms with Crippen LogP contribution in [0.15, 0.2) is 0 Å². The third-order valence-electron chi connectivity index (χ3n) is 1.84. The summed E-state index contributed by atoms with van der Waals surface area (Å²) in [4.78, 5) is 22.1. The molecule has 0 aromatic heterocycles. The third kappa shape index (κ3) is 11.1. The summed E-state index contributed by atoms with van der Waals surface area (Å²) < 4.78 is 0. The molecule has 0 atom stereocenters. The maximum Gasteiger partial charge on any atom is 0.219 e. The summed E-state index contributed by atoms with van der Waals surface area (Å²) in [6.07, 6.45) is 1.66. The molecule has 0 saturated heterocycles. The van der Waals surface area contributed by atoms with E-state index in [-0.39, 0.29) is 19.0 Å². The number of rotatable bonds is 6. The predicted molar refractivity (Wildman–Crippen MR) is 65.8 cm³/mol. The van der Waals surface area contributed by atoms with Crippen LogP contribution in [0.25, 0.3) is 0 Å². The van der Waals surface area contributed by atoms with Gasteiger partial charge in [0.15, 0.2) is 0 Å². The van der Waals surface area contributed by atoms with Crippen LogP contribution < -0.4 is 5.32 Å². The number of ketones is 1. The SMILES string of the molecule is CC.CCNC(=O)CCCC(=O)C(C)C.[HH]. The minimum Gasteiger partial charge on any atom is -0.356 e. The molecule has 15 heavy (non-hydrogen) atoms. The number of hydrogen-bond donors (Lipinski definition) is 1. The molecule has 0 bridgehead atoms. The van der Waals surface area contributed by atoms with Crippen LogP contribution in [-0.2, 0) is 9.59 Å². The molecule has 0 radical (unpaired) electrons. The van der Waals surface area contributed by atoms with Crippen molar-refractivity contribution < 1.29 is 11.0 Å². The van der Waals surface area contributed by atoms with E-state index >= 15 is 0 Å². The van der Waals surface area contributed by atoms with Crippen LogP contribution >= 0.6 is 0 Å². The van der Waals surface area contributed by atoms with Crippen molar-refractivity contribution in [2.45, 2.75) is 53.9 Å². The smallest absolute Gasteiger partial charge is 0.219 e. The van der Waals surface area contributed by atoms with Crippen molar-refractivity contribution >= 4 is 11.7 Å². The summed E-state index contributed by atoms with van der Waals surface area (Å²) in [5.74, 6) is 0.373. The van der Waals surface area contributed by atoms with Gasteiger partial charge in [-0.2, -0.15) is 0 Å². The second-order valence-electron chi connectivity index (χ2n) is 3.43. The van der Waals surface area contributed by atoms with Crippen molar-refractivity contribution in [1.82, 2.24) is 5.32 Å².